The minimum atomic E-state index is -1.11. The highest BCUT2D eigenvalue weighted by atomic mass is 16.6. The lowest BCUT2D eigenvalue weighted by atomic mass is 10.0. The first-order valence-electron chi connectivity index (χ1n) is 6.46. The first-order chi connectivity index (χ1) is 8.94. The van der Waals surface area contributed by atoms with Crippen LogP contribution in [0.25, 0.3) is 0 Å². The molecule has 0 aromatic carbocycles. The maximum atomic E-state index is 11.8. The molecule has 0 aliphatic rings. The summed E-state index contributed by atoms with van der Waals surface area (Å²) in [5.74, 6) is -1.94. The highest BCUT2D eigenvalue weighted by molar-refractivity contribution is 5.89. The standard InChI is InChI=1S/C13H24N2O5/c1-7(2)9(11(17)18)15-10(16)8(3)14-12(19)20-13(4,5)6/h7-9H,1-6H3,(H,14,19)(H,15,16)(H,17,18)/t8?,9-/m0/s1. The van der Waals surface area contributed by atoms with E-state index in [0.717, 1.165) is 0 Å². The topological polar surface area (TPSA) is 105 Å². The number of alkyl carbamates (subject to hydrolysis) is 1. The van der Waals surface area contributed by atoms with Crippen molar-refractivity contribution in [2.45, 2.75) is 59.2 Å². The van der Waals surface area contributed by atoms with Crippen molar-refractivity contribution < 1.29 is 24.2 Å². The van der Waals surface area contributed by atoms with Gasteiger partial charge in [0.1, 0.15) is 17.7 Å². The summed E-state index contributed by atoms with van der Waals surface area (Å²) in [6.45, 7) is 9.94. The summed E-state index contributed by atoms with van der Waals surface area (Å²) in [6.07, 6.45) is -0.725. The number of carboxylic acids is 1. The van der Waals surface area contributed by atoms with Gasteiger partial charge in [0.15, 0.2) is 0 Å². The van der Waals surface area contributed by atoms with E-state index in [4.69, 9.17) is 9.84 Å². The summed E-state index contributed by atoms with van der Waals surface area (Å²) in [6, 6.07) is -1.88. The average molecular weight is 288 g/mol. The molecule has 0 bridgehead atoms. The number of nitrogens with one attached hydrogen (secondary N) is 2. The number of amides is 2. The van der Waals surface area contributed by atoms with Crippen LogP contribution in [0.1, 0.15) is 41.5 Å². The number of hydrogen-bond acceptors (Lipinski definition) is 4. The van der Waals surface area contributed by atoms with E-state index < -0.39 is 35.7 Å². The molecule has 0 aliphatic heterocycles. The molecule has 0 rings (SSSR count). The zero-order valence-corrected chi connectivity index (χ0v) is 12.8. The third kappa shape index (κ3) is 6.96. The molecule has 0 aliphatic carbocycles. The third-order valence-electron chi connectivity index (χ3n) is 2.36. The van der Waals surface area contributed by atoms with Crippen LogP contribution in [-0.4, -0.2) is 40.8 Å². The Morgan fingerprint density at radius 1 is 1.05 bits per heavy atom. The van der Waals surface area contributed by atoms with Gasteiger partial charge in [-0.05, 0) is 33.6 Å². The Labute approximate surface area is 119 Å². The number of aliphatic carboxylic acids is 1. The molecule has 2 amide bonds. The summed E-state index contributed by atoms with van der Waals surface area (Å²) >= 11 is 0. The van der Waals surface area contributed by atoms with Crippen LogP contribution in [0.4, 0.5) is 4.79 Å². The molecule has 0 aromatic rings. The summed E-state index contributed by atoms with van der Waals surface area (Å²) in [4.78, 5) is 34.3. The fraction of sp³-hybridized carbons (Fsp3) is 0.769. The summed E-state index contributed by atoms with van der Waals surface area (Å²) in [5.41, 5.74) is -0.665. The summed E-state index contributed by atoms with van der Waals surface area (Å²) in [5, 5.41) is 13.7. The maximum absolute atomic E-state index is 11.8. The number of ether oxygens (including phenoxy) is 1. The van der Waals surface area contributed by atoms with Gasteiger partial charge in [0.2, 0.25) is 5.91 Å². The van der Waals surface area contributed by atoms with Crippen molar-refractivity contribution in [3.63, 3.8) is 0 Å². The van der Waals surface area contributed by atoms with Crippen molar-refractivity contribution in [3.8, 4) is 0 Å². The van der Waals surface area contributed by atoms with Crippen LogP contribution in [0.5, 0.6) is 0 Å². The molecule has 7 heteroatoms. The number of carbonyl (C=O) groups excluding carboxylic acids is 2. The van der Waals surface area contributed by atoms with Gasteiger partial charge in [-0.3, -0.25) is 4.79 Å². The number of rotatable bonds is 5. The molecular formula is C13H24N2O5. The van der Waals surface area contributed by atoms with E-state index in [9.17, 15) is 14.4 Å². The molecule has 0 saturated carbocycles. The fourth-order valence-corrected chi connectivity index (χ4v) is 1.34. The molecule has 1 unspecified atom stereocenters. The Kier molecular flexibility index (Phi) is 6.48. The fourth-order valence-electron chi connectivity index (χ4n) is 1.34. The van der Waals surface area contributed by atoms with Crippen LogP contribution >= 0.6 is 0 Å². The molecule has 0 saturated heterocycles. The first kappa shape index (κ1) is 18.2. The van der Waals surface area contributed by atoms with E-state index in [1.165, 1.54) is 6.92 Å². The zero-order valence-electron chi connectivity index (χ0n) is 12.8. The Hall–Kier alpha value is -1.79. The van der Waals surface area contributed by atoms with Crippen LogP contribution in [-0.2, 0) is 14.3 Å². The minimum absolute atomic E-state index is 0.259. The molecule has 2 atom stereocenters. The molecule has 0 fully saturated rings. The van der Waals surface area contributed by atoms with Crippen molar-refractivity contribution in [1.82, 2.24) is 10.6 Å². The van der Waals surface area contributed by atoms with Crippen LogP contribution in [0.2, 0.25) is 0 Å². The van der Waals surface area contributed by atoms with E-state index >= 15 is 0 Å². The second-order valence-corrected chi connectivity index (χ2v) is 5.94. The molecule has 116 valence electrons. The Morgan fingerprint density at radius 2 is 1.55 bits per heavy atom. The van der Waals surface area contributed by atoms with Crippen LogP contribution in [0.3, 0.4) is 0 Å². The van der Waals surface area contributed by atoms with Crippen molar-refractivity contribution in [2.24, 2.45) is 5.92 Å². The van der Waals surface area contributed by atoms with Crippen molar-refractivity contribution >= 4 is 18.0 Å². The predicted molar refractivity (Wildman–Crippen MR) is 73.2 cm³/mol. The Morgan fingerprint density at radius 3 is 1.90 bits per heavy atom. The largest absolute Gasteiger partial charge is 0.480 e. The molecule has 0 radical (unpaired) electrons. The smallest absolute Gasteiger partial charge is 0.408 e. The quantitative estimate of drug-likeness (QED) is 0.703. The van der Waals surface area contributed by atoms with Gasteiger partial charge in [0.25, 0.3) is 0 Å². The summed E-state index contributed by atoms with van der Waals surface area (Å²) < 4.78 is 5.01. The molecule has 0 aromatic heterocycles. The van der Waals surface area contributed by atoms with E-state index in [1.807, 2.05) is 0 Å². The Bertz CT molecular complexity index is 373. The van der Waals surface area contributed by atoms with Gasteiger partial charge in [0, 0.05) is 0 Å². The van der Waals surface area contributed by atoms with Crippen molar-refractivity contribution in [3.05, 3.63) is 0 Å². The van der Waals surface area contributed by atoms with Gasteiger partial charge in [0.05, 0.1) is 0 Å². The first-order valence-corrected chi connectivity index (χ1v) is 6.46. The molecule has 3 N–H and O–H groups in total. The van der Waals surface area contributed by atoms with Gasteiger partial charge < -0.3 is 20.5 Å². The normalized spacial score (nSPS) is 14.3. The molecule has 7 nitrogen and oxygen atoms in total. The number of carbonyl (C=O) groups is 3. The van der Waals surface area contributed by atoms with Gasteiger partial charge in [-0.2, -0.15) is 0 Å². The lowest BCUT2D eigenvalue weighted by Crippen LogP contribution is -2.52. The molecule has 0 spiro atoms. The second-order valence-electron chi connectivity index (χ2n) is 5.94. The number of carboxylic acid groups (broad SMARTS) is 1. The maximum Gasteiger partial charge on any atom is 0.408 e. The van der Waals surface area contributed by atoms with E-state index in [1.54, 1.807) is 34.6 Å². The Balaban J connectivity index is 4.48. The average Bonchev–Trinajstić information content (AvgIpc) is 2.21. The summed E-state index contributed by atoms with van der Waals surface area (Å²) in [7, 11) is 0. The SMILES string of the molecule is CC(NC(=O)OC(C)(C)C)C(=O)N[C@H](C(=O)O)C(C)C. The third-order valence-corrected chi connectivity index (χ3v) is 2.36. The monoisotopic (exact) mass is 288 g/mol. The lowest BCUT2D eigenvalue weighted by Gasteiger charge is -2.23. The van der Waals surface area contributed by atoms with Gasteiger partial charge >= 0.3 is 12.1 Å². The van der Waals surface area contributed by atoms with Gasteiger partial charge in [-0.25, -0.2) is 9.59 Å². The molecule has 20 heavy (non-hydrogen) atoms. The molecular weight excluding hydrogens is 264 g/mol. The highest BCUT2D eigenvalue weighted by Gasteiger charge is 2.27. The molecule has 0 heterocycles. The van der Waals surface area contributed by atoms with Crippen molar-refractivity contribution in [1.29, 1.82) is 0 Å². The predicted octanol–water partition coefficient (Wildman–Crippen LogP) is 1.12. The van der Waals surface area contributed by atoms with Gasteiger partial charge in [-0.15, -0.1) is 0 Å². The van der Waals surface area contributed by atoms with Gasteiger partial charge in [-0.1, -0.05) is 13.8 Å². The highest BCUT2D eigenvalue weighted by Crippen LogP contribution is 2.07. The van der Waals surface area contributed by atoms with Crippen molar-refractivity contribution in [2.75, 3.05) is 0 Å². The van der Waals surface area contributed by atoms with Crippen LogP contribution in [0, 0.1) is 5.92 Å². The van der Waals surface area contributed by atoms with Crippen LogP contribution < -0.4 is 10.6 Å². The second kappa shape index (κ2) is 7.12. The minimum Gasteiger partial charge on any atom is -0.480 e. The van der Waals surface area contributed by atoms with E-state index in [-0.39, 0.29) is 5.92 Å². The van der Waals surface area contributed by atoms with E-state index in [0.29, 0.717) is 0 Å². The zero-order chi connectivity index (χ0) is 16.1. The van der Waals surface area contributed by atoms with E-state index in [2.05, 4.69) is 10.6 Å². The lowest BCUT2D eigenvalue weighted by molar-refractivity contribution is -0.143. The van der Waals surface area contributed by atoms with Crippen LogP contribution in [0.15, 0.2) is 0 Å². The number of hydrogen-bond donors (Lipinski definition) is 3.